The minimum Gasteiger partial charge on any atom is -0.507 e. The van der Waals surface area contributed by atoms with Gasteiger partial charge in [0.05, 0.1) is 5.56 Å². The smallest absolute Gasteiger partial charge is 0.257 e. The zero-order valence-corrected chi connectivity index (χ0v) is 11.6. The predicted molar refractivity (Wildman–Crippen MR) is 78.0 cm³/mol. The van der Waals surface area contributed by atoms with Crippen LogP contribution in [0, 0.1) is 0 Å². The van der Waals surface area contributed by atoms with Gasteiger partial charge in [-0.15, -0.1) is 0 Å². The average molecular weight is 288 g/mol. The van der Waals surface area contributed by atoms with Crippen molar-refractivity contribution >= 4 is 17.5 Å². The maximum atomic E-state index is 12.5. The Morgan fingerprint density at radius 2 is 1.90 bits per heavy atom. The number of aromatic hydroxyl groups is 1. The molecule has 1 aliphatic heterocycles. The third-order valence-electron chi connectivity index (χ3n) is 3.61. The van der Waals surface area contributed by atoms with Crippen LogP contribution in [-0.2, 0) is 13.0 Å². The summed E-state index contributed by atoms with van der Waals surface area (Å²) in [6.07, 6.45) is 0.837. The summed E-state index contributed by atoms with van der Waals surface area (Å²) >= 11 is 5.90. The first-order valence-corrected chi connectivity index (χ1v) is 6.87. The summed E-state index contributed by atoms with van der Waals surface area (Å²) in [4.78, 5) is 14.2. The fourth-order valence-electron chi connectivity index (χ4n) is 2.52. The summed E-state index contributed by atoms with van der Waals surface area (Å²) in [6.45, 7) is 1.22. The van der Waals surface area contributed by atoms with E-state index in [0.29, 0.717) is 18.1 Å². The number of phenols is 1. The van der Waals surface area contributed by atoms with Crippen molar-refractivity contribution < 1.29 is 9.90 Å². The Hall–Kier alpha value is -2.00. The molecule has 0 radical (unpaired) electrons. The Labute approximate surface area is 122 Å². The molecule has 0 saturated carbocycles. The van der Waals surface area contributed by atoms with Gasteiger partial charge >= 0.3 is 0 Å². The maximum Gasteiger partial charge on any atom is 0.257 e. The van der Waals surface area contributed by atoms with E-state index in [1.165, 1.54) is 17.7 Å². The Morgan fingerprint density at radius 3 is 2.70 bits per heavy atom. The quantitative estimate of drug-likeness (QED) is 0.875. The summed E-state index contributed by atoms with van der Waals surface area (Å²) < 4.78 is 0. The number of carbonyl (C=O) groups excluding carboxylic acids is 1. The highest BCUT2D eigenvalue weighted by molar-refractivity contribution is 6.31. The van der Waals surface area contributed by atoms with Gasteiger partial charge in [0.15, 0.2) is 0 Å². The molecule has 0 bridgehead atoms. The van der Waals surface area contributed by atoms with Crippen molar-refractivity contribution in [2.45, 2.75) is 13.0 Å². The van der Waals surface area contributed by atoms with Crippen molar-refractivity contribution in [1.82, 2.24) is 4.90 Å². The third kappa shape index (κ3) is 2.37. The first-order chi connectivity index (χ1) is 9.65. The summed E-state index contributed by atoms with van der Waals surface area (Å²) in [5.74, 6) is -0.210. The Kier molecular flexibility index (Phi) is 3.36. The molecule has 0 unspecified atom stereocenters. The van der Waals surface area contributed by atoms with Crippen LogP contribution >= 0.6 is 11.6 Å². The standard InChI is InChI=1S/C16H14ClNO2/c17-13-5-6-15(19)14(9-13)16(20)18-8-7-11-3-1-2-4-12(11)10-18/h1-6,9,19H,7-8,10H2. The lowest BCUT2D eigenvalue weighted by molar-refractivity contribution is 0.0731. The predicted octanol–water partition coefficient (Wildman–Crippen LogP) is 3.24. The molecule has 1 heterocycles. The van der Waals surface area contributed by atoms with Gasteiger partial charge in [-0.3, -0.25) is 4.79 Å². The van der Waals surface area contributed by atoms with Crippen LogP contribution in [0.1, 0.15) is 21.5 Å². The monoisotopic (exact) mass is 287 g/mol. The number of nitrogens with zero attached hydrogens (tertiary/aromatic N) is 1. The molecule has 2 aromatic rings. The van der Waals surface area contributed by atoms with Crippen LogP contribution in [0.3, 0.4) is 0 Å². The summed E-state index contributed by atoms with van der Waals surface area (Å²) in [7, 11) is 0. The molecule has 1 aliphatic rings. The molecular formula is C16H14ClNO2. The van der Waals surface area contributed by atoms with E-state index in [4.69, 9.17) is 11.6 Å². The first kappa shape index (κ1) is 13.0. The molecule has 20 heavy (non-hydrogen) atoms. The number of carbonyl (C=O) groups is 1. The van der Waals surface area contributed by atoms with Crippen molar-refractivity contribution in [1.29, 1.82) is 0 Å². The van der Waals surface area contributed by atoms with Crippen molar-refractivity contribution in [3.63, 3.8) is 0 Å². The number of halogens is 1. The van der Waals surface area contributed by atoms with Crippen LogP contribution in [-0.4, -0.2) is 22.5 Å². The molecule has 3 nitrogen and oxygen atoms in total. The number of benzene rings is 2. The average Bonchev–Trinajstić information content (AvgIpc) is 2.48. The van der Waals surface area contributed by atoms with E-state index in [0.717, 1.165) is 12.0 Å². The molecule has 0 fully saturated rings. The second-order valence-electron chi connectivity index (χ2n) is 4.91. The molecule has 4 heteroatoms. The zero-order valence-electron chi connectivity index (χ0n) is 10.8. The van der Waals surface area contributed by atoms with Crippen LogP contribution in [0.4, 0.5) is 0 Å². The Balaban J connectivity index is 1.88. The lowest BCUT2D eigenvalue weighted by Gasteiger charge is -2.29. The molecule has 3 rings (SSSR count). The van der Waals surface area contributed by atoms with Crippen LogP contribution in [0.15, 0.2) is 42.5 Å². The van der Waals surface area contributed by atoms with Gasteiger partial charge in [0.2, 0.25) is 0 Å². The second kappa shape index (κ2) is 5.17. The van der Waals surface area contributed by atoms with Crippen molar-refractivity contribution in [2.75, 3.05) is 6.54 Å². The van der Waals surface area contributed by atoms with Gasteiger partial charge in [-0.2, -0.15) is 0 Å². The highest BCUT2D eigenvalue weighted by atomic mass is 35.5. The lowest BCUT2D eigenvalue weighted by Crippen LogP contribution is -2.35. The minimum atomic E-state index is -0.181. The van der Waals surface area contributed by atoms with Crippen LogP contribution < -0.4 is 0 Å². The number of rotatable bonds is 1. The molecule has 0 saturated heterocycles. The van der Waals surface area contributed by atoms with Crippen LogP contribution in [0.5, 0.6) is 5.75 Å². The van der Waals surface area contributed by atoms with Crippen molar-refractivity contribution in [2.24, 2.45) is 0 Å². The molecule has 0 aromatic heterocycles. The number of amides is 1. The van der Waals surface area contributed by atoms with Crippen molar-refractivity contribution in [3.05, 3.63) is 64.2 Å². The fraction of sp³-hybridized carbons (Fsp3) is 0.188. The Morgan fingerprint density at radius 1 is 1.15 bits per heavy atom. The van der Waals surface area contributed by atoms with Crippen LogP contribution in [0.2, 0.25) is 5.02 Å². The van der Waals surface area contributed by atoms with E-state index in [1.54, 1.807) is 11.0 Å². The van der Waals surface area contributed by atoms with Gasteiger partial charge in [0.1, 0.15) is 5.75 Å². The highest BCUT2D eigenvalue weighted by Crippen LogP contribution is 2.26. The van der Waals surface area contributed by atoms with E-state index in [1.807, 2.05) is 18.2 Å². The molecule has 0 aliphatic carbocycles. The second-order valence-corrected chi connectivity index (χ2v) is 5.34. The van der Waals surface area contributed by atoms with Gasteiger partial charge in [-0.25, -0.2) is 0 Å². The molecular weight excluding hydrogens is 274 g/mol. The normalized spacial score (nSPS) is 13.9. The zero-order chi connectivity index (χ0) is 14.1. The molecule has 2 aromatic carbocycles. The molecule has 0 atom stereocenters. The Bertz CT molecular complexity index is 669. The van der Waals surface area contributed by atoms with Gasteiger partial charge < -0.3 is 10.0 Å². The van der Waals surface area contributed by atoms with E-state index in [2.05, 4.69) is 6.07 Å². The minimum absolute atomic E-state index is 0.0294. The van der Waals surface area contributed by atoms with E-state index < -0.39 is 0 Å². The van der Waals surface area contributed by atoms with E-state index >= 15 is 0 Å². The van der Waals surface area contributed by atoms with Gasteiger partial charge in [0, 0.05) is 18.1 Å². The van der Waals surface area contributed by atoms with Crippen molar-refractivity contribution in [3.8, 4) is 5.75 Å². The number of fused-ring (bicyclic) bond motifs is 1. The first-order valence-electron chi connectivity index (χ1n) is 6.50. The van der Waals surface area contributed by atoms with Crippen LogP contribution in [0.25, 0.3) is 0 Å². The number of phenolic OH excluding ortho intramolecular Hbond substituents is 1. The number of hydrogen-bond donors (Lipinski definition) is 1. The summed E-state index contributed by atoms with van der Waals surface area (Å²) in [5, 5.41) is 10.3. The number of hydrogen-bond acceptors (Lipinski definition) is 2. The lowest BCUT2D eigenvalue weighted by atomic mass is 9.99. The van der Waals surface area contributed by atoms with E-state index in [9.17, 15) is 9.90 Å². The largest absolute Gasteiger partial charge is 0.507 e. The highest BCUT2D eigenvalue weighted by Gasteiger charge is 2.23. The SMILES string of the molecule is O=C(c1cc(Cl)ccc1O)N1CCc2ccccc2C1. The summed E-state index contributed by atoms with van der Waals surface area (Å²) in [5.41, 5.74) is 2.71. The molecule has 0 spiro atoms. The third-order valence-corrected chi connectivity index (χ3v) is 3.84. The topological polar surface area (TPSA) is 40.5 Å². The summed E-state index contributed by atoms with van der Waals surface area (Å²) in [6, 6.07) is 12.6. The van der Waals surface area contributed by atoms with Gasteiger partial charge in [-0.1, -0.05) is 35.9 Å². The van der Waals surface area contributed by atoms with Gasteiger partial charge in [0.25, 0.3) is 5.91 Å². The molecule has 102 valence electrons. The molecule has 1 amide bonds. The maximum absolute atomic E-state index is 12.5. The molecule has 1 N–H and O–H groups in total. The van der Waals surface area contributed by atoms with E-state index in [-0.39, 0.29) is 17.2 Å². The van der Waals surface area contributed by atoms with Gasteiger partial charge in [-0.05, 0) is 35.7 Å². The fourth-order valence-corrected chi connectivity index (χ4v) is 2.69.